The molecule has 1 rings (SSSR count). The van der Waals surface area contributed by atoms with Gasteiger partial charge in [0.15, 0.2) is 5.78 Å². The van der Waals surface area contributed by atoms with Crippen LogP contribution in [0.15, 0.2) is 18.2 Å². The minimum atomic E-state index is -0.314. The first-order valence-electron chi connectivity index (χ1n) is 5.81. The van der Waals surface area contributed by atoms with Crippen LogP contribution < -0.4 is 0 Å². The molecule has 1 aromatic carbocycles. The van der Waals surface area contributed by atoms with Gasteiger partial charge in [0.05, 0.1) is 13.0 Å². The maximum atomic E-state index is 11.9. The van der Waals surface area contributed by atoms with Gasteiger partial charge >= 0.3 is 5.97 Å². The van der Waals surface area contributed by atoms with Crippen LogP contribution in [0.2, 0.25) is 0 Å². The molecule has 0 atom stereocenters. The van der Waals surface area contributed by atoms with Crippen LogP contribution in [-0.4, -0.2) is 18.4 Å². The molecule has 0 unspecified atom stereocenters. The average Bonchev–Trinajstić information content (AvgIpc) is 2.30. The largest absolute Gasteiger partial charge is 0.466 e. The van der Waals surface area contributed by atoms with Crippen LogP contribution in [0.3, 0.4) is 0 Å². The smallest absolute Gasteiger partial charge is 0.306 e. The van der Waals surface area contributed by atoms with Gasteiger partial charge < -0.3 is 4.74 Å². The van der Waals surface area contributed by atoms with E-state index in [-0.39, 0.29) is 24.6 Å². The zero-order valence-electron chi connectivity index (χ0n) is 10.6. The van der Waals surface area contributed by atoms with Crippen LogP contribution in [0.25, 0.3) is 0 Å². The molecule has 0 amide bonds. The zero-order valence-corrected chi connectivity index (χ0v) is 10.6. The van der Waals surface area contributed by atoms with Gasteiger partial charge in [0.2, 0.25) is 0 Å². The van der Waals surface area contributed by atoms with Gasteiger partial charge in [-0.2, -0.15) is 0 Å². The highest BCUT2D eigenvalue weighted by molar-refractivity contribution is 5.99. The lowest BCUT2D eigenvalue weighted by Crippen LogP contribution is -2.09. The molecule has 0 fully saturated rings. The van der Waals surface area contributed by atoms with E-state index in [2.05, 4.69) is 0 Å². The summed E-state index contributed by atoms with van der Waals surface area (Å²) in [4.78, 5) is 23.1. The van der Waals surface area contributed by atoms with Crippen molar-refractivity contribution in [3.05, 3.63) is 34.9 Å². The molecule has 3 nitrogen and oxygen atoms in total. The van der Waals surface area contributed by atoms with Gasteiger partial charge in [-0.15, -0.1) is 0 Å². The molecule has 1 aromatic rings. The third-order valence-electron chi connectivity index (χ3n) is 2.77. The maximum Gasteiger partial charge on any atom is 0.306 e. The number of aryl methyl sites for hydroxylation is 1. The van der Waals surface area contributed by atoms with Crippen molar-refractivity contribution in [1.82, 2.24) is 0 Å². The van der Waals surface area contributed by atoms with Crippen molar-refractivity contribution >= 4 is 11.8 Å². The van der Waals surface area contributed by atoms with Gasteiger partial charge in [-0.3, -0.25) is 9.59 Å². The lowest BCUT2D eigenvalue weighted by atomic mass is 9.98. The van der Waals surface area contributed by atoms with Gasteiger partial charge in [-0.1, -0.05) is 18.2 Å². The third kappa shape index (κ3) is 3.70. The van der Waals surface area contributed by atoms with E-state index in [1.807, 2.05) is 26.0 Å². The molecule has 0 aliphatic carbocycles. The molecule has 0 aromatic heterocycles. The molecule has 0 bridgehead atoms. The second kappa shape index (κ2) is 6.18. The second-order valence-corrected chi connectivity index (χ2v) is 3.98. The number of hydrogen-bond donors (Lipinski definition) is 0. The number of carbonyl (C=O) groups is 2. The summed E-state index contributed by atoms with van der Waals surface area (Å²) < 4.78 is 4.79. The lowest BCUT2D eigenvalue weighted by molar-refractivity contribution is -0.143. The molecule has 0 saturated carbocycles. The van der Waals surface area contributed by atoms with Crippen molar-refractivity contribution in [2.24, 2.45) is 0 Å². The van der Waals surface area contributed by atoms with Crippen molar-refractivity contribution in [2.45, 2.75) is 33.6 Å². The van der Waals surface area contributed by atoms with E-state index in [0.29, 0.717) is 12.2 Å². The number of carbonyl (C=O) groups excluding carboxylic acids is 2. The molecule has 0 N–H and O–H groups in total. The lowest BCUT2D eigenvalue weighted by Gasteiger charge is -2.07. The minimum Gasteiger partial charge on any atom is -0.466 e. The molecule has 0 aliphatic heterocycles. The molecule has 0 heterocycles. The second-order valence-electron chi connectivity index (χ2n) is 3.98. The summed E-state index contributed by atoms with van der Waals surface area (Å²) in [5, 5.41) is 0. The topological polar surface area (TPSA) is 43.4 Å². The first kappa shape index (κ1) is 13.4. The molecule has 0 aliphatic rings. The molecule has 0 saturated heterocycles. The van der Waals surface area contributed by atoms with Crippen LogP contribution in [0.5, 0.6) is 0 Å². The van der Waals surface area contributed by atoms with E-state index in [1.165, 1.54) is 0 Å². The fourth-order valence-corrected chi connectivity index (χ4v) is 1.64. The minimum absolute atomic E-state index is 0.000692. The van der Waals surface area contributed by atoms with E-state index in [9.17, 15) is 9.59 Å². The molecule has 0 spiro atoms. The Bertz CT molecular complexity index is 421. The Labute approximate surface area is 102 Å². The van der Waals surface area contributed by atoms with Gasteiger partial charge in [-0.05, 0) is 31.9 Å². The summed E-state index contributed by atoms with van der Waals surface area (Å²) in [6.07, 6.45) is 0.364. The van der Waals surface area contributed by atoms with Gasteiger partial charge in [0.25, 0.3) is 0 Å². The molecular formula is C14H18O3. The van der Waals surface area contributed by atoms with Crippen molar-refractivity contribution in [2.75, 3.05) is 6.61 Å². The number of hydrogen-bond acceptors (Lipinski definition) is 3. The fourth-order valence-electron chi connectivity index (χ4n) is 1.64. The third-order valence-corrected chi connectivity index (χ3v) is 2.77. The highest BCUT2D eigenvalue weighted by atomic mass is 16.5. The predicted molar refractivity (Wildman–Crippen MR) is 66.1 cm³/mol. The Morgan fingerprint density at radius 3 is 2.53 bits per heavy atom. The SMILES string of the molecule is CCOC(=O)CCC(=O)c1cccc(C)c1C. The Kier molecular flexibility index (Phi) is 4.88. The quantitative estimate of drug-likeness (QED) is 0.581. The van der Waals surface area contributed by atoms with Crippen LogP contribution >= 0.6 is 0 Å². The summed E-state index contributed by atoms with van der Waals surface area (Å²) in [6, 6.07) is 5.63. The van der Waals surface area contributed by atoms with Crippen molar-refractivity contribution in [3.8, 4) is 0 Å². The number of Topliss-reactive ketones (excluding diaryl/α,β-unsaturated/α-hetero) is 1. The van der Waals surface area contributed by atoms with E-state index >= 15 is 0 Å². The first-order chi connectivity index (χ1) is 8.06. The average molecular weight is 234 g/mol. The molecule has 92 valence electrons. The number of ketones is 1. The van der Waals surface area contributed by atoms with Gasteiger partial charge in [0.1, 0.15) is 0 Å². The Balaban J connectivity index is 2.64. The Hall–Kier alpha value is -1.64. The van der Waals surface area contributed by atoms with E-state index in [4.69, 9.17) is 4.74 Å². The first-order valence-corrected chi connectivity index (χ1v) is 5.81. The van der Waals surface area contributed by atoms with Crippen molar-refractivity contribution in [3.63, 3.8) is 0 Å². The highest BCUT2D eigenvalue weighted by Crippen LogP contribution is 2.15. The normalized spacial score (nSPS) is 10.1. The van der Waals surface area contributed by atoms with Crippen LogP contribution in [0.4, 0.5) is 0 Å². The van der Waals surface area contributed by atoms with Crippen LogP contribution in [-0.2, 0) is 9.53 Å². The monoisotopic (exact) mass is 234 g/mol. The molecular weight excluding hydrogens is 216 g/mol. The standard InChI is InChI=1S/C14H18O3/c1-4-17-14(16)9-8-13(15)12-7-5-6-10(2)11(12)3/h5-7H,4,8-9H2,1-3H3. The van der Waals surface area contributed by atoms with Crippen molar-refractivity contribution < 1.29 is 14.3 Å². The number of rotatable bonds is 5. The zero-order chi connectivity index (χ0) is 12.8. The van der Waals surface area contributed by atoms with Gasteiger partial charge in [0, 0.05) is 12.0 Å². The molecule has 17 heavy (non-hydrogen) atoms. The summed E-state index contributed by atoms with van der Waals surface area (Å²) in [5.41, 5.74) is 2.78. The summed E-state index contributed by atoms with van der Waals surface area (Å²) in [5.74, 6) is -0.314. The van der Waals surface area contributed by atoms with Gasteiger partial charge in [-0.25, -0.2) is 0 Å². The van der Waals surface area contributed by atoms with E-state index in [0.717, 1.165) is 11.1 Å². The number of benzene rings is 1. The fraction of sp³-hybridized carbons (Fsp3) is 0.429. The number of ether oxygens (including phenoxy) is 1. The molecule has 0 radical (unpaired) electrons. The van der Waals surface area contributed by atoms with Crippen molar-refractivity contribution in [1.29, 1.82) is 0 Å². The predicted octanol–water partition coefficient (Wildman–Crippen LogP) is 2.83. The highest BCUT2D eigenvalue weighted by Gasteiger charge is 2.12. The van der Waals surface area contributed by atoms with Crippen LogP contribution in [0, 0.1) is 13.8 Å². The molecule has 3 heteroatoms. The summed E-state index contributed by atoms with van der Waals surface area (Å²) in [6.45, 7) is 6.01. The van der Waals surface area contributed by atoms with Crippen LogP contribution in [0.1, 0.15) is 41.3 Å². The Morgan fingerprint density at radius 2 is 1.88 bits per heavy atom. The Morgan fingerprint density at radius 1 is 1.18 bits per heavy atom. The van der Waals surface area contributed by atoms with E-state index in [1.54, 1.807) is 13.0 Å². The van der Waals surface area contributed by atoms with E-state index < -0.39 is 0 Å². The summed E-state index contributed by atoms with van der Waals surface area (Å²) in [7, 11) is 0. The maximum absolute atomic E-state index is 11.9. The summed E-state index contributed by atoms with van der Waals surface area (Å²) >= 11 is 0. The number of esters is 1.